The van der Waals surface area contributed by atoms with E-state index in [0.29, 0.717) is 0 Å². The van der Waals surface area contributed by atoms with E-state index in [-0.39, 0.29) is 5.82 Å². The third-order valence-corrected chi connectivity index (χ3v) is 3.51. The van der Waals surface area contributed by atoms with Crippen molar-refractivity contribution in [2.24, 2.45) is 0 Å². The van der Waals surface area contributed by atoms with Crippen molar-refractivity contribution < 1.29 is 4.39 Å². The maximum atomic E-state index is 13.1. The van der Waals surface area contributed by atoms with Gasteiger partial charge in [-0.1, -0.05) is 36.4 Å². The first-order valence-corrected chi connectivity index (χ1v) is 7.11. The number of nitrogens with one attached hydrogen (secondary N) is 1. The van der Waals surface area contributed by atoms with Crippen molar-refractivity contribution in [1.82, 2.24) is 10.3 Å². The van der Waals surface area contributed by atoms with E-state index < -0.39 is 0 Å². The number of nitrogens with zero attached hydrogens (tertiary/aromatic N) is 1. The molecule has 21 heavy (non-hydrogen) atoms. The van der Waals surface area contributed by atoms with Gasteiger partial charge >= 0.3 is 0 Å². The molecular weight excluding hydrogens is 263 g/mol. The zero-order valence-corrected chi connectivity index (χ0v) is 11.7. The van der Waals surface area contributed by atoms with Crippen LogP contribution in [0.3, 0.4) is 0 Å². The van der Waals surface area contributed by atoms with Crippen molar-refractivity contribution in [3.05, 3.63) is 77.7 Å². The number of pyridine rings is 1. The molecule has 2 aromatic carbocycles. The van der Waals surface area contributed by atoms with E-state index in [1.165, 1.54) is 11.6 Å². The summed E-state index contributed by atoms with van der Waals surface area (Å²) in [6.07, 6.45) is 2.63. The highest BCUT2D eigenvalue weighted by molar-refractivity contribution is 5.81. The Morgan fingerprint density at radius 3 is 2.76 bits per heavy atom. The first-order valence-electron chi connectivity index (χ1n) is 7.11. The van der Waals surface area contributed by atoms with Gasteiger partial charge in [-0.05, 0) is 42.3 Å². The number of hydrogen-bond donors (Lipinski definition) is 1. The van der Waals surface area contributed by atoms with Crippen molar-refractivity contribution in [2.45, 2.75) is 13.0 Å². The second-order valence-corrected chi connectivity index (χ2v) is 5.05. The molecule has 0 aliphatic heterocycles. The van der Waals surface area contributed by atoms with Gasteiger partial charge in [0.1, 0.15) is 5.82 Å². The van der Waals surface area contributed by atoms with E-state index in [2.05, 4.69) is 28.5 Å². The van der Waals surface area contributed by atoms with Gasteiger partial charge in [0.2, 0.25) is 0 Å². The molecule has 3 heteroatoms. The molecule has 1 heterocycles. The molecule has 0 spiro atoms. The van der Waals surface area contributed by atoms with Crippen LogP contribution in [0, 0.1) is 5.82 Å². The largest absolute Gasteiger partial charge is 0.312 e. The summed E-state index contributed by atoms with van der Waals surface area (Å²) in [5, 5.41) is 4.55. The van der Waals surface area contributed by atoms with E-state index >= 15 is 0 Å². The summed E-state index contributed by atoms with van der Waals surface area (Å²) in [6, 6.07) is 17.0. The van der Waals surface area contributed by atoms with E-state index in [4.69, 9.17) is 0 Å². The van der Waals surface area contributed by atoms with Crippen LogP contribution in [0.15, 0.2) is 60.8 Å². The van der Waals surface area contributed by atoms with Gasteiger partial charge in [0, 0.05) is 18.1 Å². The molecule has 1 aromatic heterocycles. The van der Waals surface area contributed by atoms with Crippen LogP contribution >= 0.6 is 0 Å². The fraction of sp³-hybridized carbons (Fsp3) is 0.167. The lowest BCUT2D eigenvalue weighted by molar-refractivity contribution is 0.622. The van der Waals surface area contributed by atoms with Crippen molar-refractivity contribution in [2.75, 3.05) is 6.54 Å². The topological polar surface area (TPSA) is 24.9 Å². The first-order chi connectivity index (χ1) is 10.3. The molecule has 0 radical (unpaired) electrons. The molecule has 106 valence electrons. The van der Waals surface area contributed by atoms with Gasteiger partial charge in [0.25, 0.3) is 0 Å². The molecule has 0 saturated heterocycles. The molecule has 3 rings (SSSR count). The van der Waals surface area contributed by atoms with Gasteiger partial charge in [-0.3, -0.25) is 4.98 Å². The minimum atomic E-state index is -0.175. The summed E-state index contributed by atoms with van der Waals surface area (Å²) in [5.74, 6) is -0.175. The lowest BCUT2D eigenvalue weighted by atomic mass is 10.1. The van der Waals surface area contributed by atoms with Crippen LogP contribution in [0.1, 0.15) is 11.1 Å². The van der Waals surface area contributed by atoms with Crippen LogP contribution in [-0.4, -0.2) is 11.5 Å². The fourth-order valence-corrected chi connectivity index (χ4v) is 2.46. The van der Waals surface area contributed by atoms with Crippen molar-refractivity contribution >= 4 is 10.9 Å². The van der Waals surface area contributed by atoms with E-state index in [1.807, 2.05) is 24.4 Å². The Kier molecular flexibility index (Phi) is 4.22. The van der Waals surface area contributed by atoms with Crippen LogP contribution in [0.2, 0.25) is 0 Å². The Labute approximate surface area is 123 Å². The molecule has 0 aliphatic carbocycles. The number of rotatable bonds is 5. The normalized spacial score (nSPS) is 10.9. The quantitative estimate of drug-likeness (QED) is 0.721. The number of hydrogen-bond acceptors (Lipinski definition) is 2. The molecule has 0 unspecified atom stereocenters. The van der Waals surface area contributed by atoms with E-state index in [0.717, 1.165) is 36.0 Å². The highest BCUT2D eigenvalue weighted by Gasteiger charge is 2.01. The predicted molar refractivity (Wildman–Crippen MR) is 83.6 cm³/mol. The smallest absolute Gasteiger partial charge is 0.123 e. The van der Waals surface area contributed by atoms with Crippen molar-refractivity contribution in [1.29, 1.82) is 0 Å². The number of benzene rings is 2. The Balaban J connectivity index is 1.60. The third kappa shape index (κ3) is 3.44. The minimum absolute atomic E-state index is 0.175. The molecular formula is C18H17FN2. The molecule has 0 bridgehead atoms. The van der Waals surface area contributed by atoms with Gasteiger partial charge in [-0.15, -0.1) is 0 Å². The van der Waals surface area contributed by atoms with Gasteiger partial charge in [-0.2, -0.15) is 0 Å². The average Bonchev–Trinajstić information content (AvgIpc) is 2.52. The molecule has 0 aliphatic rings. The zero-order chi connectivity index (χ0) is 14.5. The molecule has 0 atom stereocenters. The Bertz CT molecular complexity index is 735. The fourth-order valence-electron chi connectivity index (χ4n) is 2.46. The highest BCUT2D eigenvalue weighted by atomic mass is 19.1. The average molecular weight is 280 g/mol. The molecule has 0 saturated carbocycles. The monoisotopic (exact) mass is 280 g/mol. The summed E-state index contributed by atoms with van der Waals surface area (Å²) < 4.78 is 13.1. The summed E-state index contributed by atoms with van der Waals surface area (Å²) in [6.45, 7) is 1.58. The van der Waals surface area contributed by atoms with Gasteiger partial charge < -0.3 is 5.32 Å². The third-order valence-electron chi connectivity index (χ3n) is 3.51. The van der Waals surface area contributed by atoms with Crippen LogP contribution in [-0.2, 0) is 13.0 Å². The molecule has 0 fully saturated rings. The number of fused-ring (bicyclic) bond motifs is 1. The van der Waals surface area contributed by atoms with Gasteiger partial charge in [-0.25, -0.2) is 4.39 Å². The predicted octanol–water partition coefficient (Wildman–Crippen LogP) is 3.71. The van der Waals surface area contributed by atoms with Crippen molar-refractivity contribution in [3.8, 4) is 0 Å². The second kappa shape index (κ2) is 6.46. The number of para-hydroxylation sites is 1. The van der Waals surface area contributed by atoms with Crippen molar-refractivity contribution in [3.63, 3.8) is 0 Å². The molecule has 3 aromatic rings. The molecule has 1 N–H and O–H groups in total. The second-order valence-electron chi connectivity index (χ2n) is 5.05. The lowest BCUT2D eigenvalue weighted by Crippen LogP contribution is -2.17. The first kappa shape index (κ1) is 13.7. The summed E-state index contributed by atoms with van der Waals surface area (Å²) in [5.41, 5.74) is 3.24. The SMILES string of the molecule is Fc1cccc(CCNCc2cccc3cccnc23)c1. The maximum absolute atomic E-state index is 13.1. The Morgan fingerprint density at radius 1 is 1.00 bits per heavy atom. The van der Waals surface area contributed by atoms with Crippen LogP contribution in [0.5, 0.6) is 0 Å². The Morgan fingerprint density at radius 2 is 1.86 bits per heavy atom. The van der Waals surface area contributed by atoms with Crippen LogP contribution in [0.25, 0.3) is 10.9 Å². The van der Waals surface area contributed by atoms with Crippen LogP contribution < -0.4 is 5.32 Å². The summed E-state index contributed by atoms with van der Waals surface area (Å²) in [4.78, 5) is 4.44. The highest BCUT2D eigenvalue weighted by Crippen LogP contribution is 2.15. The minimum Gasteiger partial charge on any atom is -0.312 e. The zero-order valence-electron chi connectivity index (χ0n) is 11.7. The molecule has 0 amide bonds. The van der Waals surface area contributed by atoms with Gasteiger partial charge in [0.05, 0.1) is 5.52 Å². The Hall–Kier alpha value is -2.26. The van der Waals surface area contributed by atoms with Crippen LogP contribution in [0.4, 0.5) is 4.39 Å². The standard InChI is InChI=1S/C18H17FN2/c19-17-8-1-4-14(12-17)9-11-20-13-16-6-2-5-15-7-3-10-21-18(15)16/h1-8,10,12,20H,9,11,13H2. The number of halogens is 1. The molecule has 2 nitrogen and oxygen atoms in total. The lowest BCUT2D eigenvalue weighted by Gasteiger charge is -2.07. The van der Waals surface area contributed by atoms with Gasteiger partial charge in [0.15, 0.2) is 0 Å². The summed E-state index contributed by atoms with van der Waals surface area (Å²) >= 11 is 0. The van der Waals surface area contributed by atoms with E-state index in [9.17, 15) is 4.39 Å². The number of aromatic nitrogens is 1. The maximum Gasteiger partial charge on any atom is 0.123 e. The van der Waals surface area contributed by atoms with E-state index in [1.54, 1.807) is 12.1 Å². The summed E-state index contributed by atoms with van der Waals surface area (Å²) in [7, 11) is 0.